The summed E-state index contributed by atoms with van der Waals surface area (Å²) in [5, 5.41) is 0.637. The van der Waals surface area contributed by atoms with E-state index in [1.54, 1.807) is 18.3 Å². The highest BCUT2D eigenvalue weighted by Gasteiger charge is 2.21. The summed E-state index contributed by atoms with van der Waals surface area (Å²) in [6.45, 7) is 0. The van der Waals surface area contributed by atoms with E-state index in [9.17, 15) is 4.79 Å². The molecule has 1 heterocycles. The molecule has 1 N–H and O–H groups in total. The van der Waals surface area contributed by atoms with Crippen molar-refractivity contribution >= 4 is 17.5 Å². The predicted molar refractivity (Wildman–Crippen MR) is 77.3 cm³/mol. The maximum absolute atomic E-state index is 12.1. The summed E-state index contributed by atoms with van der Waals surface area (Å²) in [6, 6.07) is 12.8. The molecule has 1 atom stereocenters. The molecule has 1 amide bonds. The summed E-state index contributed by atoms with van der Waals surface area (Å²) >= 11 is 5.88. The normalized spacial score (nSPS) is 11.9. The number of rotatable bonds is 5. The molecule has 1 aromatic heterocycles. The molecule has 0 aliphatic heterocycles. The van der Waals surface area contributed by atoms with E-state index in [2.05, 4.69) is 10.5 Å². The van der Waals surface area contributed by atoms with Crippen LogP contribution in [0.5, 0.6) is 0 Å². The van der Waals surface area contributed by atoms with Crippen molar-refractivity contribution in [2.24, 2.45) is 0 Å². The molecule has 20 heavy (non-hydrogen) atoms. The Labute approximate surface area is 122 Å². The zero-order valence-corrected chi connectivity index (χ0v) is 11.8. The number of benzene rings is 1. The smallest absolute Gasteiger partial charge is 0.251 e. The topological polar surface area (TPSA) is 51.2 Å². The van der Waals surface area contributed by atoms with E-state index in [1.165, 1.54) is 7.11 Å². The molecule has 2 rings (SSSR count). The number of nitrogens with one attached hydrogen (secondary N) is 1. The standard InChI is InChI=1S/C15H15ClN2O2/c1-20-18-15(19)14(10-13-4-2-3-9-17-13)11-5-7-12(16)8-6-11/h2-9,14H,10H2,1H3,(H,18,19). The first-order valence-electron chi connectivity index (χ1n) is 6.19. The molecule has 0 aliphatic carbocycles. The lowest BCUT2D eigenvalue weighted by molar-refractivity contribution is -0.132. The van der Waals surface area contributed by atoms with E-state index in [4.69, 9.17) is 16.4 Å². The Morgan fingerprint density at radius 1 is 1.30 bits per heavy atom. The van der Waals surface area contributed by atoms with Gasteiger partial charge in [0.15, 0.2) is 0 Å². The number of aromatic nitrogens is 1. The molecule has 0 saturated carbocycles. The fourth-order valence-electron chi connectivity index (χ4n) is 1.96. The third kappa shape index (κ3) is 3.79. The maximum Gasteiger partial charge on any atom is 0.251 e. The minimum Gasteiger partial charge on any atom is -0.277 e. The number of carbonyl (C=O) groups is 1. The van der Waals surface area contributed by atoms with E-state index in [-0.39, 0.29) is 11.8 Å². The zero-order valence-electron chi connectivity index (χ0n) is 11.0. The lowest BCUT2D eigenvalue weighted by Crippen LogP contribution is -2.29. The Balaban J connectivity index is 2.25. The van der Waals surface area contributed by atoms with Crippen molar-refractivity contribution in [1.29, 1.82) is 0 Å². The van der Waals surface area contributed by atoms with Gasteiger partial charge in [-0.25, -0.2) is 5.48 Å². The molecule has 1 aromatic carbocycles. The first kappa shape index (κ1) is 14.5. The molecule has 2 aromatic rings. The molecule has 5 heteroatoms. The van der Waals surface area contributed by atoms with Crippen LogP contribution in [-0.2, 0) is 16.1 Å². The number of hydrogen-bond acceptors (Lipinski definition) is 3. The van der Waals surface area contributed by atoms with E-state index in [1.807, 2.05) is 30.3 Å². The number of nitrogens with zero attached hydrogens (tertiary/aromatic N) is 1. The molecule has 0 saturated heterocycles. The van der Waals surface area contributed by atoms with Gasteiger partial charge in [0.2, 0.25) is 0 Å². The lowest BCUT2D eigenvalue weighted by atomic mass is 9.93. The third-order valence-corrected chi connectivity index (χ3v) is 3.18. The molecule has 1 unspecified atom stereocenters. The SMILES string of the molecule is CONC(=O)C(Cc1ccccn1)c1ccc(Cl)cc1. The quantitative estimate of drug-likeness (QED) is 0.862. The second-order valence-corrected chi connectivity index (χ2v) is 4.74. The molecular formula is C15H15ClN2O2. The molecule has 0 aliphatic rings. The van der Waals surface area contributed by atoms with Gasteiger partial charge in [-0.05, 0) is 29.8 Å². The van der Waals surface area contributed by atoms with Gasteiger partial charge in [0.05, 0.1) is 13.0 Å². The van der Waals surface area contributed by atoms with Gasteiger partial charge in [0.25, 0.3) is 5.91 Å². The Morgan fingerprint density at radius 3 is 2.65 bits per heavy atom. The summed E-state index contributed by atoms with van der Waals surface area (Å²) in [5.41, 5.74) is 4.10. The minimum absolute atomic E-state index is 0.208. The Morgan fingerprint density at radius 2 is 2.05 bits per heavy atom. The summed E-state index contributed by atoms with van der Waals surface area (Å²) < 4.78 is 0. The highest BCUT2D eigenvalue weighted by Crippen LogP contribution is 2.22. The van der Waals surface area contributed by atoms with Gasteiger partial charge in [-0.3, -0.25) is 14.6 Å². The molecule has 0 bridgehead atoms. The van der Waals surface area contributed by atoms with Crippen molar-refractivity contribution in [1.82, 2.24) is 10.5 Å². The lowest BCUT2D eigenvalue weighted by Gasteiger charge is -2.16. The van der Waals surface area contributed by atoms with Gasteiger partial charge in [0, 0.05) is 23.3 Å². The van der Waals surface area contributed by atoms with Crippen LogP contribution in [-0.4, -0.2) is 18.0 Å². The van der Waals surface area contributed by atoms with Crippen LogP contribution >= 0.6 is 11.6 Å². The average molecular weight is 291 g/mol. The fourth-order valence-corrected chi connectivity index (χ4v) is 2.08. The van der Waals surface area contributed by atoms with Crippen LogP contribution in [0.4, 0.5) is 0 Å². The first-order chi connectivity index (χ1) is 9.70. The summed E-state index contributed by atoms with van der Waals surface area (Å²) in [5.74, 6) is -0.581. The molecule has 0 spiro atoms. The van der Waals surface area contributed by atoms with Crippen LogP contribution in [0.2, 0.25) is 5.02 Å². The monoisotopic (exact) mass is 290 g/mol. The van der Waals surface area contributed by atoms with Crippen molar-refractivity contribution in [3.8, 4) is 0 Å². The molecule has 0 radical (unpaired) electrons. The number of hydrogen-bond donors (Lipinski definition) is 1. The van der Waals surface area contributed by atoms with E-state index >= 15 is 0 Å². The van der Waals surface area contributed by atoms with Crippen molar-refractivity contribution in [3.63, 3.8) is 0 Å². The van der Waals surface area contributed by atoms with E-state index < -0.39 is 0 Å². The Bertz CT molecular complexity index is 558. The van der Waals surface area contributed by atoms with Gasteiger partial charge in [-0.15, -0.1) is 0 Å². The minimum atomic E-state index is -0.373. The zero-order chi connectivity index (χ0) is 14.4. The number of hydroxylamine groups is 1. The summed E-state index contributed by atoms with van der Waals surface area (Å²) in [6.07, 6.45) is 2.21. The van der Waals surface area contributed by atoms with Crippen LogP contribution in [0.15, 0.2) is 48.7 Å². The number of pyridine rings is 1. The van der Waals surface area contributed by atoms with Gasteiger partial charge >= 0.3 is 0 Å². The van der Waals surface area contributed by atoms with Gasteiger partial charge < -0.3 is 0 Å². The van der Waals surface area contributed by atoms with Gasteiger partial charge in [0.1, 0.15) is 0 Å². The fraction of sp³-hybridized carbons (Fsp3) is 0.200. The summed E-state index contributed by atoms with van der Waals surface area (Å²) in [4.78, 5) is 21.1. The van der Waals surface area contributed by atoms with Crippen molar-refractivity contribution < 1.29 is 9.63 Å². The van der Waals surface area contributed by atoms with Crippen molar-refractivity contribution in [2.45, 2.75) is 12.3 Å². The Hall–Kier alpha value is -1.91. The van der Waals surface area contributed by atoms with Crippen LogP contribution in [0.25, 0.3) is 0 Å². The maximum atomic E-state index is 12.1. The molecular weight excluding hydrogens is 276 g/mol. The van der Waals surface area contributed by atoms with Crippen LogP contribution in [0.1, 0.15) is 17.2 Å². The highest BCUT2D eigenvalue weighted by atomic mass is 35.5. The molecule has 104 valence electrons. The average Bonchev–Trinajstić information content (AvgIpc) is 2.47. The van der Waals surface area contributed by atoms with E-state index in [0.29, 0.717) is 11.4 Å². The molecule has 0 fully saturated rings. The van der Waals surface area contributed by atoms with Crippen LogP contribution in [0.3, 0.4) is 0 Å². The summed E-state index contributed by atoms with van der Waals surface area (Å²) in [7, 11) is 1.41. The highest BCUT2D eigenvalue weighted by molar-refractivity contribution is 6.30. The van der Waals surface area contributed by atoms with Crippen molar-refractivity contribution in [3.05, 3.63) is 64.9 Å². The molecule has 4 nitrogen and oxygen atoms in total. The number of amides is 1. The second-order valence-electron chi connectivity index (χ2n) is 4.30. The van der Waals surface area contributed by atoms with Gasteiger partial charge in [-0.2, -0.15) is 0 Å². The van der Waals surface area contributed by atoms with E-state index in [0.717, 1.165) is 11.3 Å². The number of carbonyl (C=O) groups excluding carboxylic acids is 1. The van der Waals surface area contributed by atoms with Crippen LogP contribution in [0, 0.1) is 0 Å². The second kappa shape index (κ2) is 7.03. The van der Waals surface area contributed by atoms with Crippen molar-refractivity contribution in [2.75, 3.05) is 7.11 Å². The Kier molecular flexibility index (Phi) is 5.09. The number of halogens is 1. The van der Waals surface area contributed by atoms with Crippen LogP contribution < -0.4 is 5.48 Å². The predicted octanol–water partition coefficient (Wildman–Crippen LogP) is 2.74. The first-order valence-corrected chi connectivity index (χ1v) is 6.56. The third-order valence-electron chi connectivity index (χ3n) is 2.93. The van der Waals surface area contributed by atoms with Gasteiger partial charge in [-0.1, -0.05) is 29.8 Å². The largest absolute Gasteiger partial charge is 0.277 e.